The van der Waals surface area contributed by atoms with E-state index >= 15 is 0 Å². The highest BCUT2D eigenvalue weighted by Crippen LogP contribution is 2.36. The molecule has 0 bridgehead atoms. The molecule has 1 unspecified atom stereocenters. The first-order valence-electron chi connectivity index (χ1n) is 12.1. The summed E-state index contributed by atoms with van der Waals surface area (Å²) in [5.41, 5.74) is 2.41. The summed E-state index contributed by atoms with van der Waals surface area (Å²) in [6.45, 7) is 4.77. The molecule has 0 saturated carbocycles. The Morgan fingerprint density at radius 1 is 1.14 bits per heavy atom. The van der Waals surface area contributed by atoms with Crippen LogP contribution in [0.4, 0.5) is 5.69 Å². The number of fused-ring (bicyclic) bond motifs is 2. The summed E-state index contributed by atoms with van der Waals surface area (Å²) in [5.74, 6) is -0.717. The molecule has 10 heteroatoms. The lowest BCUT2D eigenvalue weighted by molar-refractivity contribution is -0.140. The van der Waals surface area contributed by atoms with Gasteiger partial charge in [-0.15, -0.1) is 11.3 Å². The van der Waals surface area contributed by atoms with Gasteiger partial charge < -0.3 is 14.4 Å². The number of nitrogens with zero attached hydrogens (tertiary/aromatic N) is 3. The summed E-state index contributed by atoms with van der Waals surface area (Å²) in [6.07, 6.45) is 1.81. The summed E-state index contributed by atoms with van der Waals surface area (Å²) in [4.78, 5) is 48.5. The molecule has 0 radical (unpaired) electrons. The molecule has 1 aromatic carbocycles. The highest BCUT2D eigenvalue weighted by atomic mass is 32.1. The number of aromatic nitrogens is 1. The quantitative estimate of drug-likeness (QED) is 0.326. The van der Waals surface area contributed by atoms with Crippen LogP contribution in [-0.2, 0) is 19.1 Å². The molecular weight excluding hydrogens is 510 g/mol. The fourth-order valence-corrected chi connectivity index (χ4v) is 6.64. The first-order chi connectivity index (χ1) is 18.0. The van der Waals surface area contributed by atoms with E-state index in [9.17, 15) is 14.4 Å². The monoisotopic (exact) mass is 537 g/mol. The van der Waals surface area contributed by atoms with E-state index in [1.807, 2.05) is 41.8 Å². The number of anilines is 1. The highest BCUT2D eigenvalue weighted by molar-refractivity contribution is 7.10. The molecule has 37 heavy (non-hydrogen) atoms. The van der Waals surface area contributed by atoms with Gasteiger partial charge in [0.1, 0.15) is 17.2 Å². The molecule has 0 aliphatic carbocycles. The number of para-hydroxylation sites is 1. The maximum atomic E-state index is 14.0. The van der Waals surface area contributed by atoms with Crippen molar-refractivity contribution in [1.29, 1.82) is 0 Å². The van der Waals surface area contributed by atoms with E-state index in [1.165, 1.54) is 34.4 Å². The van der Waals surface area contributed by atoms with Crippen molar-refractivity contribution in [1.82, 2.24) is 4.57 Å². The lowest BCUT2D eigenvalue weighted by Crippen LogP contribution is -2.40. The minimum Gasteiger partial charge on any atom is -0.460 e. The second-order valence-corrected chi connectivity index (χ2v) is 10.7. The Bertz CT molecular complexity index is 1570. The topological polar surface area (TPSA) is 90.2 Å². The summed E-state index contributed by atoms with van der Waals surface area (Å²) < 4.78 is 12.3. The zero-order chi connectivity index (χ0) is 26.1. The number of rotatable bonds is 8. The van der Waals surface area contributed by atoms with Gasteiger partial charge in [-0.25, -0.2) is 9.79 Å². The van der Waals surface area contributed by atoms with E-state index in [2.05, 4.69) is 11.9 Å². The minimum atomic E-state index is -0.691. The van der Waals surface area contributed by atoms with Crippen molar-refractivity contribution in [2.24, 2.45) is 4.99 Å². The van der Waals surface area contributed by atoms with Gasteiger partial charge in [0.15, 0.2) is 4.80 Å². The van der Waals surface area contributed by atoms with Crippen LogP contribution in [0.15, 0.2) is 62.8 Å². The van der Waals surface area contributed by atoms with Gasteiger partial charge in [-0.3, -0.25) is 14.2 Å². The average Bonchev–Trinajstić information content (AvgIpc) is 3.59. The summed E-state index contributed by atoms with van der Waals surface area (Å²) in [5, 5.41) is 1.90. The predicted octanol–water partition coefficient (Wildman–Crippen LogP) is 3.00. The third kappa shape index (κ3) is 4.39. The Morgan fingerprint density at radius 2 is 1.95 bits per heavy atom. The van der Waals surface area contributed by atoms with Crippen LogP contribution in [0.2, 0.25) is 0 Å². The number of carbonyl (C=O) groups excluding carboxylic acids is 2. The number of hydrogen-bond acceptors (Lipinski definition) is 8. The number of carbonyl (C=O) groups is 2. The molecule has 0 fully saturated rings. The van der Waals surface area contributed by atoms with Crippen molar-refractivity contribution in [3.8, 4) is 0 Å². The van der Waals surface area contributed by atoms with E-state index < -0.39 is 12.0 Å². The Balaban J connectivity index is 1.71. The molecule has 0 N–H and O–H groups in total. The number of thiazole rings is 1. The number of unbranched alkanes of at least 4 members (excludes halogenated alkanes) is 1. The highest BCUT2D eigenvalue weighted by Gasteiger charge is 2.37. The molecule has 0 saturated heterocycles. The van der Waals surface area contributed by atoms with Crippen molar-refractivity contribution < 1.29 is 19.1 Å². The molecular formula is C27H27N3O5S2. The molecule has 2 aromatic heterocycles. The second-order valence-electron chi connectivity index (χ2n) is 8.75. The Hall–Kier alpha value is -3.34. The first kappa shape index (κ1) is 25.3. The largest absolute Gasteiger partial charge is 0.460 e. The molecule has 1 atom stereocenters. The van der Waals surface area contributed by atoms with Crippen molar-refractivity contribution in [2.75, 3.05) is 31.8 Å². The summed E-state index contributed by atoms with van der Waals surface area (Å²) in [7, 11) is 1.53. The number of benzene rings is 1. The number of hydrogen-bond donors (Lipinski definition) is 0. The molecule has 4 heterocycles. The number of ether oxygens (including phenoxy) is 2. The standard InChI is InChI=1S/C27H27N3O5S2/c1-4-5-12-29-18-10-7-6-9-17(18)21(24(29)31)23-25(32)30-22(19-11-8-15-36-19)20(16(2)28-27(30)37-23)26(33)35-14-13-34-3/h6-11,15,22H,4-5,12-14H2,1-3H3. The molecule has 2 aliphatic heterocycles. The van der Waals surface area contributed by atoms with Gasteiger partial charge in [-0.05, 0) is 30.9 Å². The van der Waals surface area contributed by atoms with E-state index in [0.717, 1.165) is 29.0 Å². The van der Waals surface area contributed by atoms with Gasteiger partial charge in [0.2, 0.25) is 0 Å². The minimum absolute atomic E-state index is 0.0940. The summed E-state index contributed by atoms with van der Waals surface area (Å²) >= 11 is 2.64. The van der Waals surface area contributed by atoms with Crippen LogP contribution in [-0.4, -0.2) is 43.3 Å². The third-order valence-electron chi connectivity index (χ3n) is 6.44. The van der Waals surface area contributed by atoms with Crippen LogP contribution < -0.4 is 19.8 Å². The average molecular weight is 538 g/mol. The van der Waals surface area contributed by atoms with Crippen LogP contribution in [0.1, 0.15) is 43.2 Å². The number of esters is 1. The maximum Gasteiger partial charge on any atom is 0.338 e. The zero-order valence-electron chi connectivity index (χ0n) is 20.9. The fraction of sp³-hybridized carbons (Fsp3) is 0.333. The van der Waals surface area contributed by atoms with Gasteiger partial charge >= 0.3 is 5.97 Å². The maximum absolute atomic E-state index is 14.0. The van der Waals surface area contributed by atoms with Crippen LogP contribution in [0.3, 0.4) is 0 Å². The summed E-state index contributed by atoms with van der Waals surface area (Å²) in [6, 6.07) is 10.6. The molecule has 3 aromatic rings. The smallest absolute Gasteiger partial charge is 0.338 e. The predicted molar refractivity (Wildman–Crippen MR) is 144 cm³/mol. The van der Waals surface area contributed by atoms with Crippen molar-refractivity contribution >= 4 is 45.8 Å². The lowest BCUT2D eigenvalue weighted by Gasteiger charge is -2.23. The third-order valence-corrected chi connectivity index (χ3v) is 8.41. The van der Waals surface area contributed by atoms with Crippen LogP contribution >= 0.6 is 22.7 Å². The zero-order valence-corrected chi connectivity index (χ0v) is 22.5. The van der Waals surface area contributed by atoms with Crippen LogP contribution in [0, 0.1) is 0 Å². The number of methoxy groups -OCH3 is 1. The normalized spacial score (nSPS) is 18.1. The SMILES string of the molecule is CCCCN1C(=O)C(=c2sc3n(c2=O)C(c2cccs2)C(C(=O)OCCOC)=C(C)N=3)c2ccccc21. The van der Waals surface area contributed by atoms with Gasteiger partial charge in [0, 0.05) is 24.1 Å². The van der Waals surface area contributed by atoms with Crippen molar-refractivity contribution in [2.45, 2.75) is 32.7 Å². The van der Waals surface area contributed by atoms with Crippen LogP contribution in [0.25, 0.3) is 5.57 Å². The first-order valence-corrected chi connectivity index (χ1v) is 13.8. The molecule has 1 amide bonds. The van der Waals surface area contributed by atoms with E-state index in [0.29, 0.717) is 32.7 Å². The molecule has 192 valence electrons. The van der Waals surface area contributed by atoms with Crippen molar-refractivity contribution in [3.05, 3.63) is 83.2 Å². The van der Waals surface area contributed by atoms with Gasteiger partial charge in [0.05, 0.1) is 29.1 Å². The van der Waals surface area contributed by atoms with Crippen molar-refractivity contribution in [3.63, 3.8) is 0 Å². The fourth-order valence-electron chi connectivity index (χ4n) is 4.68. The Labute approximate surface area is 221 Å². The Morgan fingerprint density at radius 3 is 2.68 bits per heavy atom. The molecule has 5 rings (SSSR count). The number of allylic oxidation sites excluding steroid dienone is 1. The van der Waals surface area contributed by atoms with E-state index in [4.69, 9.17) is 9.47 Å². The molecule has 0 spiro atoms. The van der Waals surface area contributed by atoms with Crippen LogP contribution in [0.5, 0.6) is 0 Å². The lowest BCUT2D eigenvalue weighted by atomic mass is 10.0. The van der Waals surface area contributed by atoms with E-state index in [-0.39, 0.29) is 24.7 Å². The second kappa shape index (κ2) is 10.6. The van der Waals surface area contributed by atoms with E-state index in [1.54, 1.807) is 11.8 Å². The van der Waals surface area contributed by atoms with Gasteiger partial charge in [0.25, 0.3) is 11.5 Å². The Kier molecular flexibility index (Phi) is 7.23. The molecule has 8 nitrogen and oxygen atoms in total. The van der Waals surface area contributed by atoms with Gasteiger partial charge in [-0.1, -0.05) is 48.9 Å². The number of thiophene rings is 1. The molecule has 2 aliphatic rings. The number of amides is 1. The van der Waals surface area contributed by atoms with Gasteiger partial charge in [-0.2, -0.15) is 0 Å².